The number of ether oxygens (including phenoxy) is 1. The Morgan fingerprint density at radius 3 is 2.61 bits per heavy atom. The van der Waals surface area contributed by atoms with Crippen LogP contribution in [-0.4, -0.2) is 53.7 Å². The smallest absolute Gasteiger partial charge is 0.406 e. The summed E-state index contributed by atoms with van der Waals surface area (Å²) >= 11 is 5.98. The van der Waals surface area contributed by atoms with Crippen LogP contribution in [0.2, 0.25) is 5.02 Å². The van der Waals surface area contributed by atoms with Crippen LogP contribution in [0, 0.1) is 12.7 Å². The molecule has 1 aliphatic heterocycles. The molecular formula is C24H23ClF4N4O4S. The number of sulfonamides is 1. The Morgan fingerprint density at radius 1 is 1.18 bits per heavy atom. The van der Waals surface area contributed by atoms with Crippen molar-refractivity contribution in [2.75, 3.05) is 13.1 Å². The Labute approximate surface area is 220 Å². The summed E-state index contributed by atoms with van der Waals surface area (Å²) in [5, 5.41) is 4.56. The van der Waals surface area contributed by atoms with Gasteiger partial charge in [-0.15, -0.1) is 13.2 Å². The van der Waals surface area contributed by atoms with Gasteiger partial charge in [0, 0.05) is 36.1 Å². The van der Waals surface area contributed by atoms with Crippen LogP contribution >= 0.6 is 11.6 Å². The van der Waals surface area contributed by atoms with Crippen molar-refractivity contribution >= 4 is 38.4 Å². The molecule has 2 aromatic carbocycles. The molecule has 14 heteroatoms. The van der Waals surface area contributed by atoms with Crippen molar-refractivity contribution in [1.82, 2.24) is 19.4 Å². The molecule has 1 aliphatic carbocycles. The maximum atomic E-state index is 15.0. The number of aromatic nitrogens is 2. The van der Waals surface area contributed by atoms with Crippen LogP contribution in [0.15, 0.2) is 30.3 Å². The summed E-state index contributed by atoms with van der Waals surface area (Å²) in [5.74, 6) is -2.29. The number of carbonyl (C=O) groups is 1. The third-order valence-corrected chi connectivity index (χ3v) is 8.62. The lowest BCUT2D eigenvalue weighted by Gasteiger charge is -2.18. The summed E-state index contributed by atoms with van der Waals surface area (Å²) in [6, 6.07) is 6.26. The van der Waals surface area contributed by atoms with Gasteiger partial charge in [-0.2, -0.15) is 5.10 Å². The Morgan fingerprint density at radius 2 is 1.92 bits per heavy atom. The van der Waals surface area contributed by atoms with Crippen molar-refractivity contribution in [1.29, 1.82) is 0 Å². The number of hydrogen-bond acceptors (Lipinski definition) is 6. The van der Waals surface area contributed by atoms with Gasteiger partial charge in [-0.3, -0.25) is 14.4 Å². The average Bonchev–Trinajstić information content (AvgIpc) is 3.49. The van der Waals surface area contributed by atoms with Gasteiger partial charge >= 0.3 is 6.36 Å². The van der Waals surface area contributed by atoms with Crippen molar-refractivity contribution in [3.8, 4) is 5.75 Å². The molecule has 0 radical (unpaired) electrons. The SMILES string of the molecule is Cc1nn([C@@H]2CCN(Cc3cc(Cl)cc(OC(F)(F)F)c3)C2)c2cc(F)c(C(=O)NS(=O)(=O)C3CC3)cc12. The van der Waals surface area contributed by atoms with Crippen molar-refractivity contribution in [2.24, 2.45) is 0 Å². The summed E-state index contributed by atoms with van der Waals surface area (Å²) in [6.07, 6.45) is -3.25. The lowest BCUT2D eigenvalue weighted by atomic mass is 10.1. The maximum absolute atomic E-state index is 15.0. The highest BCUT2D eigenvalue weighted by Gasteiger charge is 2.37. The summed E-state index contributed by atoms with van der Waals surface area (Å²) in [5.41, 5.74) is 1.16. The van der Waals surface area contributed by atoms with Gasteiger partial charge in [-0.1, -0.05) is 11.6 Å². The number of benzene rings is 2. The van der Waals surface area contributed by atoms with E-state index in [0.717, 1.165) is 6.07 Å². The van der Waals surface area contributed by atoms with E-state index < -0.39 is 39.1 Å². The highest BCUT2D eigenvalue weighted by molar-refractivity contribution is 7.91. The third-order valence-electron chi connectivity index (χ3n) is 6.59. The molecule has 1 N–H and O–H groups in total. The second kappa shape index (κ2) is 9.69. The zero-order valence-corrected chi connectivity index (χ0v) is 21.6. The van der Waals surface area contributed by atoms with Crippen molar-refractivity contribution in [3.63, 3.8) is 0 Å². The maximum Gasteiger partial charge on any atom is 0.573 e. The fraction of sp³-hybridized carbons (Fsp3) is 0.417. The van der Waals surface area contributed by atoms with E-state index in [2.05, 4.69) is 9.84 Å². The molecule has 2 heterocycles. The van der Waals surface area contributed by atoms with Gasteiger partial charge in [0.05, 0.1) is 28.1 Å². The van der Waals surface area contributed by atoms with E-state index in [1.165, 1.54) is 18.2 Å². The minimum atomic E-state index is -4.83. The second-order valence-corrected chi connectivity index (χ2v) is 12.0. The quantitative estimate of drug-likeness (QED) is 0.411. The summed E-state index contributed by atoms with van der Waals surface area (Å²) in [6.45, 7) is 3.12. The first-order chi connectivity index (χ1) is 17.8. The predicted octanol–water partition coefficient (Wildman–Crippen LogP) is 4.70. The molecule has 1 aromatic heterocycles. The van der Waals surface area contributed by atoms with Gasteiger partial charge in [0.1, 0.15) is 11.6 Å². The Hall–Kier alpha value is -2.90. The van der Waals surface area contributed by atoms with E-state index >= 15 is 0 Å². The van der Waals surface area contributed by atoms with Crippen molar-refractivity contribution in [2.45, 2.75) is 50.4 Å². The number of likely N-dealkylation sites (tertiary alicyclic amines) is 1. The molecule has 1 saturated heterocycles. The van der Waals surface area contributed by atoms with Gasteiger partial charge in [0.2, 0.25) is 10.0 Å². The summed E-state index contributed by atoms with van der Waals surface area (Å²) in [4.78, 5) is 14.5. The molecule has 2 aliphatic rings. The fourth-order valence-corrected chi connectivity index (χ4v) is 6.27. The number of aryl methyl sites for hydroxylation is 1. The van der Waals surface area contributed by atoms with Crippen molar-refractivity contribution < 1.29 is 35.5 Å². The minimum Gasteiger partial charge on any atom is -0.406 e. The number of nitrogens with one attached hydrogen (secondary N) is 1. The number of alkyl halides is 3. The topological polar surface area (TPSA) is 93.5 Å². The lowest BCUT2D eigenvalue weighted by Crippen LogP contribution is -2.33. The number of rotatable bonds is 7. The van der Waals surface area contributed by atoms with Gasteiger partial charge in [0.25, 0.3) is 5.91 Å². The molecule has 204 valence electrons. The molecule has 1 saturated carbocycles. The summed E-state index contributed by atoms with van der Waals surface area (Å²) in [7, 11) is -3.83. The average molecular weight is 575 g/mol. The standard InChI is InChI=1S/C24H23ClF4N4O4S/c1-13-19-9-20(23(34)31-38(35,36)18-2-3-18)21(26)10-22(19)33(30-13)16-4-5-32(12-16)11-14-6-15(25)8-17(7-14)37-24(27,28)29/h6-10,16,18H,2-5,11-12H2,1H3,(H,31,34)/t16-/m1/s1. The van der Waals surface area contributed by atoms with E-state index in [-0.39, 0.29) is 16.6 Å². The lowest BCUT2D eigenvalue weighted by molar-refractivity contribution is -0.274. The number of amides is 1. The van der Waals surface area contributed by atoms with Crippen LogP contribution in [0.25, 0.3) is 10.9 Å². The Bertz CT molecular complexity index is 1520. The van der Waals surface area contributed by atoms with E-state index in [0.29, 0.717) is 61.1 Å². The molecule has 2 fully saturated rings. The Balaban J connectivity index is 1.33. The third kappa shape index (κ3) is 5.74. The van der Waals surface area contributed by atoms with Crippen molar-refractivity contribution in [3.05, 3.63) is 58.0 Å². The highest BCUT2D eigenvalue weighted by Crippen LogP contribution is 2.32. The largest absolute Gasteiger partial charge is 0.573 e. The molecule has 3 aromatic rings. The number of fused-ring (bicyclic) bond motifs is 1. The first-order valence-corrected chi connectivity index (χ1v) is 13.7. The predicted molar refractivity (Wildman–Crippen MR) is 131 cm³/mol. The number of hydrogen-bond donors (Lipinski definition) is 1. The molecule has 0 spiro atoms. The molecule has 1 amide bonds. The molecule has 0 bridgehead atoms. The van der Waals surface area contributed by atoms with E-state index in [1.54, 1.807) is 17.7 Å². The summed E-state index contributed by atoms with van der Waals surface area (Å²) < 4.78 is 84.7. The van der Waals surface area contributed by atoms with Gasteiger partial charge in [-0.25, -0.2) is 17.5 Å². The number of halogens is 5. The minimum absolute atomic E-state index is 0.117. The van der Waals surface area contributed by atoms with E-state index in [1.807, 2.05) is 9.62 Å². The molecule has 5 rings (SSSR count). The van der Waals surface area contributed by atoms with Gasteiger partial charge < -0.3 is 4.74 Å². The van der Waals surface area contributed by atoms with Crippen LogP contribution in [0.3, 0.4) is 0 Å². The molecule has 1 atom stereocenters. The van der Waals surface area contributed by atoms with Crippen LogP contribution < -0.4 is 9.46 Å². The number of carbonyl (C=O) groups excluding carboxylic acids is 1. The molecular weight excluding hydrogens is 552 g/mol. The molecule has 0 unspecified atom stereocenters. The van der Waals surface area contributed by atoms with Gasteiger partial charge in [-0.05, 0) is 56.0 Å². The second-order valence-electron chi connectivity index (χ2n) is 9.58. The van der Waals surface area contributed by atoms with E-state index in [9.17, 15) is 30.8 Å². The van der Waals surface area contributed by atoms with E-state index in [4.69, 9.17) is 11.6 Å². The van der Waals surface area contributed by atoms with Crippen LogP contribution in [0.4, 0.5) is 17.6 Å². The molecule has 38 heavy (non-hydrogen) atoms. The monoisotopic (exact) mass is 574 g/mol. The fourth-order valence-electron chi connectivity index (χ4n) is 4.73. The van der Waals surface area contributed by atoms with Crippen LogP contribution in [0.5, 0.6) is 5.75 Å². The first kappa shape index (κ1) is 26.7. The molecule has 8 nitrogen and oxygen atoms in total. The van der Waals surface area contributed by atoms with Crippen LogP contribution in [0.1, 0.15) is 46.9 Å². The highest BCUT2D eigenvalue weighted by atomic mass is 35.5. The zero-order chi connectivity index (χ0) is 27.4. The van der Waals surface area contributed by atoms with Gasteiger partial charge in [0.15, 0.2) is 0 Å². The van der Waals surface area contributed by atoms with Crippen LogP contribution in [-0.2, 0) is 16.6 Å². The first-order valence-electron chi connectivity index (χ1n) is 11.8. The number of nitrogens with zero attached hydrogens (tertiary/aromatic N) is 3. The Kier molecular flexibility index (Phi) is 6.81. The normalized spacial score (nSPS) is 18.7. The zero-order valence-electron chi connectivity index (χ0n) is 20.1.